The summed E-state index contributed by atoms with van der Waals surface area (Å²) in [6.07, 6.45) is 0.462. The Bertz CT molecular complexity index is 447. The maximum absolute atomic E-state index is 11.7. The van der Waals surface area contributed by atoms with Crippen LogP contribution in [0.25, 0.3) is 0 Å². The highest BCUT2D eigenvalue weighted by Crippen LogP contribution is 2.21. The van der Waals surface area contributed by atoms with Gasteiger partial charge in [0.25, 0.3) is 0 Å². The number of ketones is 1. The lowest BCUT2D eigenvalue weighted by molar-refractivity contribution is 0.0599. The zero-order valence-corrected chi connectivity index (χ0v) is 10.6. The number of methoxy groups -OCH3 is 1. The van der Waals surface area contributed by atoms with Crippen LogP contribution in [0.1, 0.15) is 46.0 Å². The molecular formula is C12H18N2O3. The number of hydrogen-bond acceptors (Lipinski definition) is 4. The molecule has 1 atom stereocenters. The van der Waals surface area contributed by atoms with E-state index in [1.165, 1.54) is 14.0 Å². The van der Waals surface area contributed by atoms with E-state index in [0.29, 0.717) is 28.9 Å². The third kappa shape index (κ3) is 2.74. The number of ether oxygens (including phenoxy) is 1. The topological polar surface area (TPSA) is 85.2 Å². The lowest BCUT2D eigenvalue weighted by atomic mass is 10.0. The van der Waals surface area contributed by atoms with Crippen molar-refractivity contribution in [2.24, 2.45) is 5.73 Å². The van der Waals surface area contributed by atoms with Gasteiger partial charge in [0.05, 0.1) is 18.4 Å². The number of aryl methyl sites for hydroxylation is 1. The fourth-order valence-electron chi connectivity index (χ4n) is 1.88. The van der Waals surface area contributed by atoms with Gasteiger partial charge in [-0.2, -0.15) is 0 Å². The molecule has 1 aromatic heterocycles. The van der Waals surface area contributed by atoms with Gasteiger partial charge in [-0.3, -0.25) is 4.79 Å². The molecule has 1 rings (SSSR count). The van der Waals surface area contributed by atoms with Crippen molar-refractivity contribution in [3.8, 4) is 0 Å². The molecule has 0 bridgehead atoms. The quantitative estimate of drug-likeness (QED) is 0.609. The van der Waals surface area contributed by atoms with Gasteiger partial charge in [0.1, 0.15) is 0 Å². The van der Waals surface area contributed by atoms with Crippen LogP contribution in [0.4, 0.5) is 0 Å². The molecule has 0 aliphatic heterocycles. The number of hydrogen-bond donors (Lipinski definition) is 2. The standard InChI is InChI=1S/C12H18N2O3/c1-6(13)5-9-10(12(16)17-4)7(2)14-11(9)8(3)15/h6,14H,5,13H2,1-4H3/t6-/m0/s1. The van der Waals surface area contributed by atoms with Crippen LogP contribution in [-0.2, 0) is 11.2 Å². The van der Waals surface area contributed by atoms with Crippen molar-refractivity contribution < 1.29 is 14.3 Å². The highest BCUT2D eigenvalue weighted by molar-refractivity contribution is 6.00. The maximum Gasteiger partial charge on any atom is 0.339 e. The summed E-state index contributed by atoms with van der Waals surface area (Å²) >= 11 is 0. The van der Waals surface area contributed by atoms with E-state index in [4.69, 9.17) is 10.5 Å². The van der Waals surface area contributed by atoms with Gasteiger partial charge in [0.15, 0.2) is 5.78 Å². The lowest BCUT2D eigenvalue weighted by Gasteiger charge is -2.08. The van der Waals surface area contributed by atoms with E-state index >= 15 is 0 Å². The number of carbonyl (C=O) groups is 2. The Morgan fingerprint density at radius 1 is 1.47 bits per heavy atom. The molecule has 0 saturated heterocycles. The Labute approximate surface area is 100 Å². The lowest BCUT2D eigenvalue weighted by Crippen LogP contribution is -2.20. The second-order valence-corrected chi connectivity index (χ2v) is 4.21. The van der Waals surface area contributed by atoms with Crippen molar-refractivity contribution in [2.45, 2.75) is 33.2 Å². The summed E-state index contributed by atoms with van der Waals surface area (Å²) in [6, 6.07) is -0.133. The predicted molar refractivity (Wildman–Crippen MR) is 64.2 cm³/mol. The summed E-state index contributed by atoms with van der Waals surface area (Å²) in [6.45, 7) is 5.02. The van der Waals surface area contributed by atoms with Crippen LogP contribution in [0, 0.1) is 6.92 Å². The fraction of sp³-hybridized carbons (Fsp3) is 0.500. The van der Waals surface area contributed by atoms with E-state index in [1.54, 1.807) is 6.92 Å². The van der Waals surface area contributed by atoms with Crippen molar-refractivity contribution in [2.75, 3.05) is 7.11 Å². The third-order valence-corrected chi connectivity index (χ3v) is 2.56. The van der Waals surface area contributed by atoms with Crippen LogP contribution in [0.5, 0.6) is 0 Å². The Kier molecular flexibility index (Phi) is 4.07. The van der Waals surface area contributed by atoms with Crippen LogP contribution in [0.15, 0.2) is 0 Å². The molecule has 0 aromatic carbocycles. The molecular weight excluding hydrogens is 220 g/mol. The minimum atomic E-state index is -0.443. The summed E-state index contributed by atoms with van der Waals surface area (Å²) < 4.78 is 4.72. The fourth-order valence-corrected chi connectivity index (χ4v) is 1.88. The number of aromatic nitrogens is 1. The van der Waals surface area contributed by atoms with Gasteiger partial charge in [0.2, 0.25) is 0 Å². The van der Waals surface area contributed by atoms with Crippen molar-refractivity contribution in [3.63, 3.8) is 0 Å². The number of H-pyrrole nitrogens is 1. The summed E-state index contributed by atoms with van der Waals surface area (Å²) in [4.78, 5) is 26.1. The zero-order valence-electron chi connectivity index (χ0n) is 10.6. The molecule has 0 aliphatic carbocycles. The smallest absolute Gasteiger partial charge is 0.339 e. The van der Waals surface area contributed by atoms with Gasteiger partial charge in [0, 0.05) is 18.7 Å². The normalized spacial score (nSPS) is 12.3. The molecule has 0 aliphatic rings. The molecule has 3 N–H and O–H groups in total. The Morgan fingerprint density at radius 3 is 2.47 bits per heavy atom. The molecule has 1 heterocycles. The van der Waals surface area contributed by atoms with Gasteiger partial charge in [-0.15, -0.1) is 0 Å². The van der Waals surface area contributed by atoms with E-state index in [-0.39, 0.29) is 11.8 Å². The number of carbonyl (C=O) groups excluding carboxylic acids is 2. The van der Waals surface area contributed by atoms with Crippen molar-refractivity contribution >= 4 is 11.8 Å². The van der Waals surface area contributed by atoms with E-state index in [9.17, 15) is 9.59 Å². The van der Waals surface area contributed by atoms with Gasteiger partial charge in [-0.25, -0.2) is 4.79 Å². The Morgan fingerprint density at radius 2 is 2.06 bits per heavy atom. The SMILES string of the molecule is COC(=O)c1c(C)[nH]c(C(C)=O)c1C[C@H](C)N. The number of aromatic amines is 1. The van der Waals surface area contributed by atoms with E-state index in [1.807, 2.05) is 6.92 Å². The highest BCUT2D eigenvalue weighted by atomic mass is 16.5. The minimum absolute atomic E-state index is 0.112. The van der Waals surface area contributed by atoms with Gasteiger partial charge >= 0.3 is 5.97 Å². The molecule has 1 aromatic rings. The van der Waals surface area contributed by atoms with Gasteiger partial charge in [-0.1, -0.05) is 0 Å². The molecule has 17 heavy (non-hydrogen) atoms. The monoisotopic (exact) mass is 238 g/mol. The third-order valence-electron chi connectivity index (χ3n) is 2.56. The maximum atomic E-state index is 11.7. The largest absolute Gasteiger partial charge is 0.465 e. The molecule has 0 radical (unpaired) electrons. The van der Waals surface area contributed by atoms with Crippen LogP contribution in [0.2, 0.25) is 0 Å². The van der Waals surface area contributed by atoms with E-state index in [2.05, 4.69) is 4.98 Å². The van der Waals surface area contributed by atoms with Crippen molar-refractivity contribution in [1.82, 2.24) is 4.98 Å². The Balaban J connectivity index is 3.36. The number of nitrogens with one attached hydrogen (secondary N) is 1. The van der Waals surface area contributed by atoms with Crippen LogP contribution in [0.3, 0.4) is 0 Å². The number of rotatable bonds is 4. The van der Waals surface area contributed by atoms with Gasteiger partial charge < -0.3 is 15.5 Å². The summed E-state index contributed by atoms with van der Waals surface area (Å²) in [5.41, 5.74) is 7.89. The number of nitrogens with two attached hydrogens (primary N) is 1. The average Bonchev–Trinajstić information content (AvgIpc) is 2.54. The zero-order chi connectivity index (χ0) is 13.2. The molecule has 5 heteroatoms. The first-order chi connectivity index (χ1) is 7.88. The molecule has 0 saturated carbocycles. The first-order valence-corrected chi connectivity index (χ1v) is 5.44. The molecule has 5 nitrogen and oxygen atoms in total. The summed E-state index contributed by atoms with van der Waals surface area (Å²) in [5, 5.41) is 0. The molecule has 0 spiro atoms. The van der Waals surface area contributed by atoms with Crippen LogP contribution in [-0.4, -0.2) is 29.9 Å². The van der Waals surface area contributed by atoms with E-state index < -0.39 is 5.97 Å². The molecule has 94 valence electrons. The van der Waals surface area contributed by atoms with Gasteiger partial charge in [-0.05, 0) is 25.8 Å². The van der Waals surface area contributed by atoms with Crippen LogP contribution < -0.4 is 5.73 Å². The molecule has 0 unspecified atom stereocenters. The number of Topliss-reactive ketones (excluding diaryl/α,β-unsaturated/α-hetero) is 1. The Hall–Kier alpha value is -1.62. The second kappa shape index (κ2) is 5.14. The average molecular weight is 238 g/mol. The first kappa shape index (κ1) is 13.4. The van der Waals surface area contributed by atoms with Crippen LogP contribution >= 0.6 is 0 Å². The van der Waals surface area contributed by atoms with Crippen molar-refractivity contribution in [1.29, 1.82) is 0 Å². The first-order valence-electron chi connectivity index (χ1n) is 5.44. The second-order valence-electron chi connectivity index (χ2n) is 4.21. The summed E-state index contributed by atoms with van der Waals surface area (Å²) in [5.74, 6) is -0.555. The molecule has 0 fully saturated rings. The molecule has 0 amide bonds. The van der Waals surface area contributed by atoms with Crippen molar-refractivity contribution in [3.05, 3.63) is 22.5 Å². The predicted octanol–water partition coefficient (Wildman–Crippen LogP) is 1.20. The number of esters is 1. The summed E-state index contributed by atoms with van der Waals surface area (Å²) in [7, 11) is 1.32. The minimum Gasteiger partial charge on any atom is -0.465 e. The highest BCUT2D eigenvalue weighted by Gasteiger charge is 2.23. The van der Waals surface area contributed by atoms with E-state index in [0.717, 1.165) is 0 Å².